The average molecular weight is 238 g/mol. The number of benzene rings is 1. The number of hydrogen-bond donors (Lipinski definition) is 1. The number of hydrogen-bond acceptors (Lipinski definition) is 3. The summed E-state index contributed by atoms with van der Waals surface area (Å²) in [5, 5.41) is 0. The molecule has 94 valence electrons. The molecule has 1 aliphatic heterocycles. The van der Waals surface area contributed by atoms with E-state index in [1.165, 1.54) is 6.07 Å². The van der Waals surface area contributed by atoms with Gasteiger partial charge < -0.3 is 10.5 Å². The molecule has 1 fully saturated rings. The number of nitrogen functional groups attached to an aromatic ring is 1. The van der Waals surface area contributed by atoms with Gasteiger partial charge in [-0.2, -0.15) is 0 Å². The van der Waals surface area contributed by atoms with Crippen molar-refractivity contribution in [1.82, 2.24) is 4.90 Å². The minimum absolute atomic E-state index is 0.187. The molecule has 0 bridgehead atoms. The summed E-state index contributed by atoms with van der Waals surface area (Å²) in [7, 11) is 0. The van der Waals surface area contributed by atoms with Gasteiger partial charge in [0.15, 0.2) is 0 Å². The standard InChI is InChI=1S/C13H19FN2O/c1-9-6-16(7-10(2)17-9)8-11-12(14)4-3-5-13(11)15/h3-5,9-10H,6-8,15H2,1-2H3/t9-,10+. The summed E-state index contributed by atoms with van der Waals surface area (Å²) in [6.45, 7) is 6.26. The Morgan fingerprint density at radius 3 is 2.59 bits per heavy atom. The fourth-order valence-electron chi connectivity index (χ4n) is 2.38. The topological polar surface area (TPSA) is 38.5 Å². The molecule has 3 nitrogen and oxygen atoms in total. The zero-order valence-corrected chi connectivity index (χ0v) is 10.3. The van der Waals surface area contributed by atoms with Crippen LogP contribution in [0.2, 0.25) is 0 Å². The largest absolute Gasteiger partial charge is 0.398 e. The Morgan fingerprint density at radius 1 is 1.35 bits per heavy atom. The lowest BCUT2D eigenvalue weighted by Crippen LogP contribution is -2.45. The van der Waals surface area contributed by atoms with Gasteiger partial charge in [0.25, 0.3) is 0 Å². The molecular weight excluding hydrogens is 219 g/mol. The van der Waals surface area contributed by atoms with Crippen molar-refractivity contribution in [3.63, 3.8) is 0 Å². The Bertz CT molecular complexity index is 367. The average Bonchev–Trinajstić information content (AvgIpc) is 2.22. The molecule has 0 amide bonds. The SMILES string of the molecule is C[C@@H]1CN(Cc2c(N)cccc2F)C[C@H](C)O1. The lowest BCUT2D eigenvalue weighted by Gasteiger charge is -2.35. The second kappa shape index (κ2) is 5.02. The van der Waals surface area contributed by atoms with Crippen LogP contribution in [0.25, 0.3) is 0 Å². The molecule has 0 radical (unpaired) electrons. The number of rotatable bonds is 2. The van der Waals surface area contributed by atoms with Gasteiger partial charge in [-0.1, -0.05) is 6.07 Å². The van der Waals surface area contributed by atoms with E-state index in [9.17, 15) is 4.39 Å². The van der Waals surface area contributed by atoms with Crippen LogP contribution in [0.5, 0.6) is 0 Å². The molecule has 2 N–H and O–H groups in total. The lowest BCUT2D eigenvalue weighted by atomic mass is 10.1. The maximum absolute atomic E-state index is 13.7. The summed E-state index contributed by atoms with van der Waals surface area (Å²) in [5.74, 6) is -0.225. The van der Waals surface area contributed by atoms with E-state index in [-0.39, 0.29) is 18.0 Å². The maximum atomic E-state index is 13.7. The molecule has 1 aromatic carbocycles. The first-order valence-corrected chi connectivity index (χ1v) is 5.97. The van der Waals surface area contributed by atoms with Crippen molar-refractivity contribution in [2.75, 3.05) is 18.8 Å². The Labute approximate surface area is 101 Å². The molecule has 4 heteroatoms. The highest BCUT2D eigenvalue weighted by Crippen LogP contribution is 2.20. The molecule has 1 saturated heterocycles. The highest BCUT2D eigenvalue weighted by atomic mass is 19.1. The van der Waals surface area contributed by atoms with Crippen molar-refractivity contribution < 1.29 is 9.13 Å². The normalized spacial score (nSPS) is 26.1. The van der Waals surface area contributed by atoms with Gasteiger partial charge in [0.05, 0.1) is 12.2 Å². The Hall–Kier alpha value is -1.13. The Kier molecular flexibility index (Phi) is 3.64. The van der Waals surface area contributed by atoms with Gasteiger partial charge in [0.2, 0.25) is 0 Å². The quantitative estimate of drug-likeness (QED) is 0.801. The van der Waals surface area contributed by atoms with Crippen molar-refractivity contribution in [2.24, 2.45) is 0 Å². The molecule has 0 unspecified atom stereocenters. The van der Waals surface area contributed by atoms with E-state index in [1.54, 1.807) is 12.1 Å². The molecule has 2 atom stereocenters. The summed E-state index contributed by atoms with van der Waals surface area (Å²) in [4.78, 5) is 2.19. The fourth-order valence-corrected chi connectivity index (χ4v) is 2.38. The van der Waals surface area contributed by atoms with Crippen molar-refractivity contribution in [3.8, 4) is 0 Å². The van der Waals surface area contributed by atoms with Gasteiger partial charge >= 0.3 is 0 Å². The van der Waals surface area contributed by atoms with Gasteiger partial charge in [0, 0.05) is 30.9 Å². The minimum Gasteiger partial charge on any atom is -0.398 e. The second-order valence-corrected chi connectivity index (χ2v) is 4.76. The number of nitrogens with zero attached hydrogens (tertiary/aromatic N) is 1. The molecular formula is C13H19FN2O. The smallest absolute Gasteiger partial charge is 0.129 e. The van der Waals surface area contributed by atoms with E-state index in [0.29, 0.717) is 17.8 Å². The van der Waals surface area contributed by atoms with E-state index >= 15 is 0 Å². The first-order valence-electron chi connectivity index (χ1n) is 5.97. The van der Waals surface area contributed by atoms with E-state index in [2.05, 4.69) is 4.90 Å². The van der Waals surface area contributed by atoms with Crippen molar-refractivity contribution in [2.45, 2.75) is 32.6 Å². The Balaban J connectivity index is 2.10. The van der Waals surface area contributed by atoms with Crippen LogP contribution in [0, 0.1) is 5.82 Å². The lowest BCUT2D eigenvalue weighted by molar-refractivity contribution is -0.0706. The molecule has 1 aromatic rings. The Morgan fingerprint density at radius 2 is 2.00 bits per heavy atom. The third-order valence-corrected chi connectivity index (χ3v) is 3.03. The molecule has 0 aromatic heterocycles. The van der Waals surface area contributed by atoms with E-state index in [1.807, 2.05) is 13.8 Å². The van der Waals surface area contributed by atoms with Crippen LogP contribution in [-0.2, 0) is 11.3 Å². The van der Waals surface area contributed by atoms with Crippen LogP contribution >= 0.6 is 0 Å². The van der Waals surface area contributed by atoms with Gasteiger partial charge in [-0.15, -0.1) is 0 Å². The number of nitrogens with two attached hydrogens (primary N) is 1. The molecule has 2 rings (SSSR count). The van der Waals surface area contributed by atoms with E-state index < -0.39 is 0 Å². The molecule has 1 aliphatic rings. The number of anilines is 1. The first kappa shape index (κ1) is 12.3. The molecule has 1 heterocycles. The summed E-state index contributed by atoms with van der Waals surface area (Å²) < 4.78 is 19.3. The predicted molar refractivity (Wildman–Crippen MR) is 66.1 cm³/mol. The number of morpholine rings is 1. The van der Waals surface area contributed by atoms with Crippen LogP contribution in [0.15, 0.2) is 18.2 Å². The third-order valence-electron chi connectivity index (χ3n) is 3.03. The first-order chi connectivity index (χ1) is 8.06. The molecule has 0 aliphatic carbocycles. The van der Waals surface area contributed by atoms with Crippen LogP contribution in [0.3, 0.4) is 0 Å². The van der Waals surface area contributed by atoms with E-state index in [0.717, 1.165) is 13.1 Å². The van der Waals surface area contributed by atoms with Crippen LogP contribution in [-0.4, -0.2) is 30.2 Å². The zero-order chi connectivity index (χ0) is 12.4. The van der Waals surface area contributed by atoms with Gasteiger partial charge in [-0.05, 0) is 26.0 Å². The van der Waals surface area contributed by atoms with Crippen molar-refractivity contribution >= 4 is 5.69 Å². The van der Waals surface area contributed by atoms with Gasteiger partial charge in [-0.3, -0.25) is 4.90 Å². The summed E-state index contributed by atoms with van der Waals surface area (Å²) in [5.41, 5.74) is 6.93. The fraction of sp³-hybridized carbons (Fsp3) is 0.538. The molecule has 17 heavy (non-hydrogen) atoms. The van der Waals surface area contributed by atoms with Crippen LogP contribution in [0.1, 0.15) is 19.4 Å². The number of halogens is 1. The van der Waals surface area contributed by atoms with Crippen molar-refractivity contribution in [1.29, 1.82) is 0 Å². The highest BCUT2D eigenvalue weighted by Gasteiger charge is 2.23. The van der Waals surface area contributed by atoms with Gasteiger partial charge in [-0.25, -0.2) is 4.39 Å². The van der Waals surface area contributed by atoms with Crippen LogP contribution < -0.4 is 5.73 Å². The van der Waals surface area contributed by atoms with E-state index in [4.69, 9.17) is 10.5 Å². The molecule has 0 spiro atoms. The molecule has 0 saturated carbocycles. The summed E-state index contributed by atoms with van der Waals surface area (Å²) in [6.07, 6.45) is 0.374. The van der Waals surface area contributed by atoms with Crippen LogP contribution in [0.4, 0.5) is 10.1 Å². The zero-order valence-electron chi connectivity index (χ0n) is 10.3. The van der Waals surface area contributed by atoms with Crippen molar-refractivity contribution in [3.05, 3.63) is 29.6 Å². The summed E-state index contributed by atoms with van der Waals surface area (Å²) >= 11 is 0. The highest BCUT2D eigenvalue weighted by molar-refractivity contribution is 5.47. The second-order valence-electron chi connectivity index (χ2n) is 4.76. The number of ether oxygens (including phenoxy) is 1. The van der Waals surface area contributed by atoms with Gasteiger partial charge in [0.1, 0.15) is 5.82 Å². The third kappa shape index (κ3) is 2.96. The monoisotopic (exact) mass is 238 g/mol. The minimum atomic E-state index is -0.225. The summed E-state index contributed by atoms with van der Waals surface area (Å²) in [6, 6.07) is 4.84. The maximum Gasteiger partial charge on any atom is 0.129 e. The predicted octanol–water partition coefficient (Wildman–Crippen LogP) is 2.02.